The fourth-order valence-electron chi connectivity index (χ4n) is 1.42. The second kappa shape index (κ2) is 6.58. The van der Waals surface area contributed by atoms with Crippen LogP contribution >= 0.6 is 15.9 Å². The number of hydrogen-bond donors (Lipinski definition) is 1. The molecule has 0 bridgehead atoms. The fourth-order valence-corrected chi connectivity index (χ4v) is 3.03. The summed E-state index contributed by atoms with van der Waals surface area (Å²) >= 11 is 3.25. The molecule has 0 heterocycles. The van der Waals surface area contributed by atoms with Gasteiger partial charge in [0.2, 0.25) is 10.0 Å². The first-order valence-corrected chi connectivity index (χ1v) is 8.00. The Bertz CT molecular complexity index is 508. The van der Waals surface area contributed by atoms with Crippen molar-refractivity contribution in [2.75, 3.05) is 5.33 Å². The molecular formula is C11H14BrF2NO2S. The fraction of sp³-hybridized carbons (Fsp3) is 0.455. The number of sulfonamides is 1. The Balaban J connectivity index is 2.83. The number of benzene rings is 1. The molecule has 1 aromatic carbocycles. The Morgan fingerprint density at radius 3 is 2.56 bits per heavy atom. The van der Waals surface area contributed by atoms with Crippen LogP contribution in [0, 0.1) is 11.6 Å². The lowest BCUT2D eigenvalue weighted by atomic mass is 10.2. The highest BCUT2D eigenvalue weighted by molar-refractivity contribution is 9.09. The van der Waals surface area contributed by atoms with Crippen LogP contribution in [0.2, 0.25) is 0 Å². The molecule has 1 atom stereocenters. The third-order valence-corrected chi connectivity index (χ3v) is 4.48. The number of nitrogens with one attached hydrogen (secondary N) is 1. The lowest BCUT2D eigenvalue weighted by Crippen LogP contribution is -2.32. The molecule has 0 spiro atoms. The maximum atomic E-state index is 13.0. The first-order valence-electron chi connectivity index (χ1n) is 5.40. The van der Waals surface area contributed by atoms with Crippen LogP contribution in [0.1, 0.15) is 19.8 Å². The predicted octanol–water partition coefficient (Wildman–Crippen LogP) is 2.81. The highest BCUT2D eigenvalue weighted by Crippen LogP contribution is 2.14. The average Bonchev–Trinajstić information content (AvgIpc) is 2.29. The third kappa shape index (κ3) is 4.29. The molecule has 0 aromatic heterocycles. The van der Waals surface area contributed by atoms with Gasteiger partial charge in [0.25, 0.3) is 0 Å². The molecule has 0 aliphatic rings. The molecule has 0 aliphatic carbocycles. The summed E-state index contributed by atoms with van der Waals surface area (Å²) in [6.07, 6.45) is 1.48. The van der Waals surface area contributed by atoms with Crippen molar-refractivity contribution in [2.24, 2.45) is 0 Å². The zero-order chi connectivity index (χ0) is 13.8. The summed E-state index contributed by atoms with van der Waals surface area (Å²) in [5.41, 5.74) is 0. The Hall–Kier alpha value is -0.530. The van der Waals surface area contributed by atoms with Crippen molar-refractivity contribution in [3.63, 3.8) is 0 Å². The van der Waals surface area contributed by atoms with E-state index < -0.39 is 21.7 Å². The number of alkyl halides is 1. The number of rotatable bonds is 6. The summed E-state index contributed by atoms with van der Waals surface area (Å²) < 4.78 is 51.8. The zero-order valence-electron chi connectivity index (χ0n) is 9.79. The standard InChI is InChI=1S/C11H14BrF2NO2S/c1-8(3-2-6-12)15-18(16,17)9-4-5-10(13)11(14)7-9/h4-5,7-8,15H,2-3,6H2,1H3. The van der Waals surface area contributed by atoms with Crippen molar-refractivity contribution >= 4 is 26.0 Å². The quantitative estimate of drug-likeness (QED) is 0.808. The van der Waals surface area contributed by atoms with Gasteiger partial charge in [-0.05, 0) is 38.0 Å². The summed E-state index contributed by atoms with van der Waals surface area (Å²) in [4.78, 5) is -0.271. The van der Waals surface area contributed by atoms with E-state index in [1.165, 1.54) is 0 Å². The summed E-state index contributed by atoms with van der Waals surface area (Å²) in [6.45, 7) is 1.72. The highest BCUT2D eigenvalue weighted by atomic mass is 79.9. The molecule has 0 radical (unpaired) electrons. The molecule has 18 heavy (non-hydrogen) atoms. The molecule has 3 nitrogen and oxygen atoms in total. The summed E-state index contributed by atoms with van der Waals surface area (Å²) in [6, 6.07) is 2.25. The molecule has 1 N–H and O–H groups in total. The minimum atomic E-state index is -3.80. The minimum absolute atomic E-state index is 0.263. The van der Waals surface area contributed by atoms with Crippen LogP contribution in [0.15, 0.2) is 23.1 Å². The van der Waals surface area contributed by atoms with E-state index in [2.05, 4.69) is 20.7 Å². The van der Waals surface area contributed by atoms with Crippen molar-refractivity contribution in [2.45, 2.75) is 30.7 Å². The van der Waals surface area contributed by atoms with Gasteiger partial charge < -0.3 is 0 Å². The van der Waals surface area contributed by atoms with Gasteiger partial charge in [-0.15, -0.1) is 0 Å². The molecule has 0 saturated heterocycles. The normalized spacial score (nSPS) is 13.6. The Morgan fingerprint density at radius 1 is 1.33 bits per heavy atom. The molecule has 1 aromatic rings. The van der Waals surface area contributed by atoms with E-state index in [1.807, 2.05) is 0 Å². The molecule has 1 rings (SSSR count). The third-order valence-electron chi connectivity index (χ3n) is 2.33. The molecule has 0 aliphatic heterocycles. The summed E-state index contributed by atoms with van der Waals surface area (Å²) in [7, 11) is -3.80. The van der Waals surface area contributed by atoms with E-state index in [-0.39, 0.29) is 10.9 Å². The molecule has 7 heteroatoms. The van der Waals surface area contributed by atoms with Crippen LogP contribution in [-0.2, 0) is 10.0 Å². The van der Waals surface area contributed by atoms with Crippen molar-refractivity contribution < 1.29 is 17.2 Å². The van der Waals surface area contributed by atoms with Gasteiger partial charge in [-0.3, -0.25) is 0 Å². The van der Waals surface area contributed by atoms with Crippen molar-refractivity contribution in [3.8, 4) is 0 Å². The molecule has 0 amide bonds. The zero-order valence-corrected chi connectivity index (χ0v) is 12.2. The number of hydrogen-bond acceptors (Lipinski definition) is 2. The molecule has 102 valence electrons. The highest BCUT2D eigenvalue weighted by Gasteiger charge is 2.18. The first-order chi connectivity index (χ1) is 8.36. The second-order valence-corrected chi connectivity index (χ2v) is 6.44. The van der Waals surface area contributed by atoms with Crippen LogP contribution in [0.5, 0.6) is 0 Å². The van der Waals surface area contributed by atoms with Gasteiger partial charge in [-0.2, -0.15) is 0 Å². The molecule has 0 fully saturated rings. The van der Waals surface area contributed by atoms with Crippen LogP contribution in [0.4, 0.5) is 8.78 Å². The van der Waals surface area contributed by atoms with Gasteiger partial charge in [-0.1, -0.05) is 15.9 Å². The van der Waals surface area contributed by atoms with E-state index in [1.54, 1.807) is 6.92 Å². The summed E-state index contributed by atoms with van der Waals surface area (Å²) in [5.74, 6) is -2.24. The topological polar surface area (TPSA) is 46.2 Å². The smallest absolute Gasteiger partial charge is 0.208 e. The summed E-state index contributed by atoms with van der Waals surface area (Å²) in [5, 5.41) is 0.782. The minimum Gasteiger partial charge on any atom is -0.208 e. The lowest BCUT2D eigenvalue weighted by molar-refractivity contribution is 0.503. The van der Waals surface area contributed by atoms with E-state index in [0.29, 0.717) is 12.5 Å². The van der Waals surface area contributed by atoms with Crippen LogP contribution in [0.3, 0.4) is 0 Å². The first kappa shape index (κ1) is 15.5. The van der Waals surface area contributed by atoms with Crippen molar-refractivity contribution in [1.29, 1.82) is 0 Å². The van der Waals surface area contributed by atoms with E-state index in [0.717, 1.165) is 23.9 Å². The Kier molecular flexibility index (Phi) is 5.68. The molecule has 1 unspecified atom stereocenters. The van der Waals surface area contributed by atoms with E-state index in [9.17, 15) is 17.2 Å². The van der Waals surface area contributed by atoms with Gasteiger partial charge in [0, 0.05) is 11.4 Å². The van der Waals surface area contributed by atoms with Gasteiger partial charge in [0.05, 0.1) is 4.90 Å². The van der Waals surface area contributed by atoms with Crippen LogP contribution in [0.25, 0.3) is 0 Å². The average molecular weight is 342 g/mol. The molecule has 0 saturated carbocycles. The second-order valence-electron chi connectivity index (χ2n) is 3.93. The Morgan fingerprint density at radius 2 is 2.00 bits per heavy atom. The van der Waals surface area contributed by atoms with Gasteiger partial charge in [-0.25, -0.2) is 21.9 Å². The van der Waals surface area contributed by atoms with Gasteiger partial charge >= 0.3 is 0 Å². The van der Waals surface area contributed by atoms with Crippen LogP contribution < -0.4 is 4.72 Å². The number of halogens is 3. The van der Waals surface area contributed by atoms with Crippen molar-refractivity contribution in [3.05, 3.63) is 29.8 Å². The largest absolute Gasteiger partial charge is 0.240 e. The predicted molar refractivity (Wildman–Crippen MR) is 69.2 cm³/mol. The SMILES string of the molecule is CC(CCCBr)NS(=O)(=O)c1ccc(F)c(F)c1. The van der Waals surface area contributed by atoms with Crippen LogP contribution in [-0.4, -0.2) is 19.8 Å². The maximum absolute atomic E-state index is 13.0. The van der Waals surface area contributed by atoms with Gasteiger partial charge in [0.15, 0.2) is 11.6 Å². The van der Waals surface area contributed by atoms with E-state index >= 15 is 0 Å². The monoisotopic (exact) mass is 341 g/mol. The van der Waals surface area contributed by atoms with E-state index in [4.69, 9.17) is 0 Å². The lowest BCUT2D eigenvalue weighted by Gasteiger charge is -2.13. The maximum Gasteiger partial charge on any atom is 0.240 e. The Labute approximate surface area is 114 Å². The van der Waals surface area contributed by atoms with Gasteiger partial charge in [0.1, 0.15) is 0 Å². The van der Waals surface area contributed by atoms with Crippen molar-refractivity contribution in [1.82, 2.24) is 4.72 Å². The molecular weight excluding hydrogens is 328 g/mol.